The van der Waals surface area contributed by atoms with Gasteiger partial charge >= 0.3 is 5.97 Å². The third-order valence-electron chi connectivity index (χ3n) is 2.87. The van der Waals surface area contributed by atoms with Crippen molar-refractivity contribution < 1.29 is 9.90 Å². The van der Waals surface area contributed by atoms with E-state index in [9.17, 15) is 4.79 Å². The normalized spacial score (nSPS) is 11.8. The average molecular weight is 262 g/mol. The Labute approximate surface area is 111 Å². The molecule has 2 heterocycles. The van der Waals surface area contributed by atoms with E-state index in [0.29, 0.717) is 5.82 Å². The summed E-state index contributed by atoms with van der Waals surface area (Å²) in [5.74, 6) is -0.269. The maximum absolute atomic E-state index is 10.8. The summed E-state index contributed by atoms with van der Waals surface area (Å²) in [6, 6.07) is 1.96. The van der Waals surface area contributed by atoms with Crippen molar-refractivity contribution in [2.45, 2.75) is 26.2 Å². The van der Waals surface area contributed by atoms with Crippen molar-refractivity contribution in [3.63, 3.8) is 0 Å². The molecule has 0 fully saturated rings. The summed E-state index contributed by atoms with van der Waals surface area (Å²) in [4.78, 5) is 16.7. The number of hydrogen-bond donors (Lipinski definition) is 1. The lowest BCUT2D eigenvalue weighted by atomic mass is 9.92. The van der Waals surface area contributed by atoms with Crippen molar-refractivity contribution in [2.24, 2.45) is 0 Å². The number of anilines is 1. The highest BCUT2D eigenvalue weighted by Crippen LogP contribution is 2.25. The first kappa shape index (κ1) is 13.3. The van der Waals surface area contributed by atoms with Gasteiger partial charge in [-0.3, -0.25) is 4.79 Å². The molecule has 6 heteroatoms. The van der Waals surface area contributed by atoms with Crippen LogP contribution in [-0.4, -0.2) is 39.3 Å². The fourth-order valence-electron chi connectivity index (χ4n) is 1.85. The predicted octanol–water partition coefficient (Wildman–Crippen LogP) is 1.55. The van der Waals surface area contributed by atoms with E-state index in [4.69, 9.17) is 5.11 Å². The topological polar surface area (TPSA) is 70.7 Å². The molecule has 19 heavy (non-hydrogen) atoms. The third-order valence-corrected chi connectivity index (χ3v) is 2.87. The van der Waals surface area contributed by atoms with Crippen molar-refractivity contribution in [3.8, 4) is 0 Å². The highest BCUT2D eigenvalue weighted by Gasteiger charge is 2.20. The molecule has 0 unspecified atom stereocenters. The maximum Gasteiger partial charge on any atom is 0.323 e. The van der Waals surface area contributed by atoms with Gasteiger partial charge in [-0.25, -0.2) is 9.50 Å². The van der Waals surface area contributed by atoms with Gasteiger partial charge in [-0.2, -0.15) is 5.10 Å². The molecule has 0 bridgehead atoms. The zero-order valence-electron chi connectivity index (χ0n) is 11.6. The first-order valence-corrected chi connectivity index (χ1v) is 6.07. The zero-order valence-corrected chi connectivity index (χ0v) is 11.6. The Morgan fingerprint density at radius 1 is 1.47 bits per heavy atom. The van der Waals surface area contributed by atoms with E-state index in [0.717, 1.165) is 11.2 Å². The molecule has 0 aliphatic heterocycles. The third kappa shape index (κ3) is 2.67. The van der Waals surface area contributed by atoms with E-state index >= 15 is 0 Å². The van der Waals surface area contributed by atoms with Crippen LogP contribution in [0.3, 0.4) is 0 Å². The minimum atomic E-state index is -0.887. The number of carboxylic acid groups (broad SMARTS) is 1. The second kappa shape index (κ2) is 4.53. The summed E-state index contributed by atoms with van der Waals surface area (Å²) < 4.78 is 1.74. The molecular formula is C13H18N4O2. The maximum atomic E-state index is 10.8. The van der Waals surface area contributed by atoms with E-state index in [-0.39, 0.29) is 12.0 Å². The Bertz CT molecular complexity index is 613. The van der Waals surface area contributed by atoms with Crippen LogP contribution >= 0.6 is 0 Å². The Morgan fingerprint density at radius 3 is 2.74 bits per heavy atom. The number of aliphatic carboxylic acids is 1. The van der Waals surface area contributed by atoms with Gasteiger partial charge in [0.2, 0.25) is 0 Å². The van der Waals surface area contributed by atoms with E-state index in [1.165, 1.54) is 0 Å². The molecule has 0 aromatic carbocycles. The van der Waals surface area contributed by atoms with Gasteiger partial charge < -0.3 is 10.0 Å². The van der Waals surface area contributed by atoms with Crippen LogP contribution in [0, 0.1) is 0 Å². The lowest BCUT2D eigenvalue weighted by Crippen LogP contribution is -2.26. The molecule has 0 aliphatic carbocycles. The van der Waals surface area contributed by atoms with E-state index < -0.39 is 5.97 Å². The van der Waals surface area contributed by atoms with E-state index in [1.807, 2.05) is 6.07 Å². The molecule has 2 aromatic heterocycles. The van der Waals surface area contributed by atoms with Crippen LogP contribution in [0.4, 0.5) is 5.82 Å². The number of aromatic nitrogens is 3. The van der Waals surface area contributed by atoms with Gasteiger partial charge in [0.25, 0.3) is 0 Å². The number of hydrogen-bond acceptors (Lipinski definition) is 4. The molecule has 102 valence electrons. The number of rotatable bonds is 3. The number of carboxylic acids is 1. The number of nitrogens with zero attached hydrogens (tertiary/aromatic N) is 4. The van der Waals surface area contributed by atoms with Crippen molar-refractivity contribution in [3.05, 3.63) is 24.2 Å². The van der Waals surface area contributed by atoms with Gasteiger partial charge in [0.1, 0.15) is 12.1 Å². The average Bonchev–Trinajstić information content (AvgIpc) is 2.70. The molecule has 2 rings (SSSR count). The van der Waals surface area contributed by atoms with Gasteiger partial charge in [-0.05, 0) is 6.07 Å². The lowest BCUT2D eigenvalue weighted by molar-refractivity contribution is -0.135. The second-order valence-electron chi connectivity index (χ2n) is 5.61. The molecule has 1 N–H and O–H groups in total. The van der Waals surface area contributed by atoms with Crippen molar-refractivity contribution >= 4 is 17.3 Å². The summed E-state index contributed by atoms with van der Waals surface area (Å²) >= 11 is 0. The molecule has 0 saturated heterocycles. The first-order chi connectivity index (χ1) is 8.79. The van der Waals surface area contributed by atoms with Crippen LogP contribution in [0.1, 0.15) is 26.5 Å². The molecule has 6 nitrogen and oxygen atoms in total. The number of likely N-dealkylation sites (N-methyl/N-ethyl adjacent to an activating group) is 1. The quantitative estimate of drug-likeness (QED) is 0.908. The van der Waals surface area contributed by atoms with Crippen molar-refractivity contribution in [1.82, 2.24) is 14.6 Å². The summed E-state index contributed by atoms with van der Waals surface area (Å²) in [7, 11) is 1.71. The van der Waals surface area contributed by atoms with Crippen molar-refractivity contribution in [1.29, 1.82) is 0 Å². The van der Waals surface area contributed by atoms with Crippen molar-refractivity contribution in [2.75, 3.05) is 18.5 Å². The van der Waals surface area contributed by atoms with Gasteiger partial charge in [0.05, 0.1) is 5.69 Å². The monoisotopic (exact) mass is 262 g/mol. The minimum absolute atomic E-state index is 0.0609. The fourth-order valence-corrected chi connectivity index (χ4v) is 1.85. The van der Waals surface area contributed by atoms with Crippen LogP contribution in [0.25, 0.3) is 5.52 Å². The van der Waals surface area contributed by atoms with Crippen LogP contribution in [-0.2, 0) is 10.2 Å². The summed E-state index contributed by atoms with van der Waals surface area (Å²) in [5.41, 5.74) is 1.70. The lowest BCUT2D eigenvalue weighted by Gasteiger charge is -2.15. The minimum Gasteiger partial charge on any atom is -0.480 e. The summed E-state index contributed by atoms with van der Waals surface area (Å²) in [5, 5.41) is 13.4. The largest absolute Gasteiger partial charge is 0.480 e. The Balaban J connectivity index is 2.51. The molecule has 0 aliphatic rings. The standard InChI is InChI=1S/C13H18N4O2/c1-13(2,3)10-7-9-12(16(4)8-11(18)19)14-5-6-17(9)15-10/h5-7H,8H2,1-4H3,(H,18,19). The van der Waals surface area contributed by atoms with Crippen LogP contribution in [0.5, 0.6) is 0 Å². The zero-order chi connectivity index (χ0) is 14.2. The highest BCUT2D eigenvalue weighted by molar-refractivity contribution is 5.77. The molecule has 0 radical (unpaired) electrons. The number of fused-ring (bicyclic) bond motifs is 1. The molecule has 0 saturated carbocycles. The van der Waals surface area contributed by atoms with Gasteiger partial charge in [0.15, 0.2) is 5.82 Å². The Kier molecular flexibility index (Phi) is 3.18. The van der Waals surface area contributed by atoms with E-state index in [2.05, 4.69) is 30.9 Å². The highest BCUT2D eigenvalue weighted by atomic mass is 16.4. The van der Waals surface area contributed by atoms with Crippen LogP contribution in [0.2, 0.25) is 0 Å². The molecular weight excluding hydrogens is 244 g/mol. The Hall–Kier alpha value is -2.11. The second-order valence-corrected chi connectivity index (χ2v) is 5.61. The fraction of sp³-hybridized carbons (Fsp3) is 0.462. The molecule has 2 aromatic rings. The number of carbonyl (C=O) groups is 1. The van der Waals surface area contributed by atoms with Gasteiger partial charge in [-0.1, -0.05) is 20.8 Å². The molecule has 0 amide bonds. The molecule has 0 atom stereocenters. The molecule has 0 spiro atoms. The van der Waals surface area contributed by atoms with E-state index in [1.54, 1.807) is 28.9 Å². The van der Waals surface area contributed by atoms with Gasteiger partial charge in [-0.15, -0.1) is 0 Å². The van der Waals surface area contributed by atoms with Gasteiger partial charge in [0, 0.05) is 24.9 Å². The first-order valence-electron chi connectivity index (χ1n) is 6.07. The summed E-state index contributed by atoms with van der Waals surface area (Å²) in [6.07, 6.45) is 3.39. The SMILES string of the molecule is CN(CC(=O)O)c1nccn2nc(C(C)(C)C)cc12. The summed E-state index contributed by atoms with van der Waals surface area (Å²) in [6.45, 7) is 6.16. The van der Waals surface area contributed by atoms with Crippen LogP contribution < -0.4 is 4.90 Å². The predicted molar refractivity (Wildman–Crippen MR) is 72.6 cm³/mol. The smallest absolute Gasteiger partial charge is 0.323 e. The van der Waals surface area contributed by atoms with Crippen LogP contribution in [0.15, 0.2) is 18.5 Å². The Morgan fingerprint density at radius 2 is 2.16 bits per heavy atom.